The molecule has 2 aromatic rings. The number of carbonyl (C=O) groups is 2. The molecule has 8 heteroatoms. The number of hydrogen-bond acceptors (Lipinski definition) is 5. The third kappa shape index (κ3) is 7.09. The fraction of sp³-hybridized carbons (Fsp3) is 0.542. The van der Waals surface area contributed by atoms with Crippen molar-refractivity contribution >= 4 is 12.0 Å². The van der Waals surface area contributed by atoms with Crippen LogP contribution in [0.3, 0.4) is 0 Å². The number of aromatic nitrogens is 2. The SMILES string of the molecule is Cc1cn(CCCN(Cc2ccccc2)C(=O)[C@H]2CN(C(=O)OC(C)(C)C)CCN2)cn1. The zero-order chi connectivity index (χ0) is 23.1. The summed E-state index contributed by atoms with van der Waals surface area (Å²) >= 11 is 0. The van der Waals surface area contributed by atoms with Crippen LogP contribution in [0.1, 0.15) is 38.4 Å². The Morgan fingerprint density at radius 3 is 2.66 bits per heavy atom. The summed E-state index contributed by atoms with van der Waals surface area (Å²) in [4.78, 5) is 33.8. The van der Waals surface area contributed by atoms with Crippen molar-refractivity contribution in [3.05, 3.63) is 54.1 Å². The third-order valence-corrected chi connectivity index (χ3v) is 5.26. The quantitative estimate of drug-likeness (QED) is 0.715. The average molecular weight is 442 g/mol. The molecule has 32 heavy (non-hydrogen) atoms. The van der Waals surface area contributed by atoms with Crippen LogP contribution in [0.25, 0.3) is 0 Å². The minimum Gasteiger partial charge on any atom is -0.444 e. The van der Waals surface area contributed by atoms with Crippen LogP contribution in [-0.2, 0) is 22.6 Å². The monoisotopic (exact) mass is 441 g/mol. The molecule has 0 radical (unpaired) electrons. The van der Waals surface area contributed by atoms with E-state index in [0.717, 1.165) is 24.2 Å². The van der Waals surface area contributed by atoms with E-state index >= 15 is 0 Å². The lowest BCUT2D eigenvalue weighted by Crippen LogP contribution is -2.59. The molecule has 1 atom stereocenters. The molecular formula is C24H35N5O3. The predicted octanol–water partition coefficient (Wildman–Crippen LogP) is 2.82. The van der Waals surface area contributed by atoms with Gasteiger partial charge in [0.1, 0.15) is 11.6 Å². The van der Waals surface area contributed by atoms with E-state index < -0.39 is 11.6 Å². The summed E-state index contributed by atoms with van der Waals surface area (Å²) in [6.07, 6.45) is 4.27. The smallest absolute Gasteiger partial charge is 0.410 e. The van der Waals surface area contributed by atoms with Crippen molar-refractivity contribution in [2.24, 2.45) is 0 Å². The van der Waals surface area contributed by atoms with Crippen molar-refractivity contribution in [3.8, 4) is 0 Å². The van der Waals surface area contributed by atoms with Gasteiger partial charge < -0.3 is 24.4 Å². The Morgan fingerprint density at radius 1 is 1.25 bits per heavy atom. The van der Waals surface area contributed by atoms with Gasteiger partial charge in [0.2, 0.25) is 5.91 Å². The van der Waals surface area contributed by atoms with Crippen LogP contribution in [0, 0.1) is 6.92 Å². The zero-order valence-electron chi connectivity index (χ0n) is 19.6. The van der Waals surface area contributed by atoms with Crippen molar-refractivity contribution in [2.45, 2.75) is 58.8 Å². The lowest BCUT2D eigenvalue weighted by atomic mass is 10.1. The number of ether oxygens (including phenoxy) is 1. The van der Waals surface area contributed by atoms with Crippen LogP contribution in [0.2, 0.25) is 0 Å². The maximum atomic E-state index is 13.5. The molecule has 1 aliphatic heterocycles. The van der Waals surface area contributed by atoms with Gasteiger partial charge in [0.15, 0.2) is 0 Å². The van der Waals surface area contributed by atoms with Crippen molar-refractivity contribution in [1.29, 1.82) is 0 Å². The second-order valence-corrected chi connectivity index (χ2v) is 9.28. The summed E-state index contributed by atoms with van der Waals surface area (Å²) in [7, 11) is 0. The highest BCUT2D eigenvalue weighted by Crippen LogP contribution is 2.14. The molecule has 2 amide bonds. The van der Waals surface area contributed by atoms with Gasteiger partial charge in [-0.15, -0.1) is 0 Å². The van der Waals surface area contributed by atoms with Gasteiger partial charge in [-0.2, -0.15) is 0 Å². The molecule has 0 aliphatic carbocycles. The minimum atomic E-state index is -0.563. The van der Waals surface area contributed by atoms with Crippen molar-refractivity contribution in [3.63, 3.8) is 0 Å². The highest BCUT2D eigenvalue weighted by molar-refractivity contribution is 5.83. The molecule has 1 N–H and O–H groups in total. The molecule has 0 saturated carbocycles. The Labute approximate surface area is 190 Å². The summed E-state index contributed by atoms with van der Waals surface area (Å²) in [5.74, 6) is 0.00363. The molecule has 1 aromatic heterocycles. The number of aryl methyl sites for hydroxylation is 2. The van der Waals surface area contributed by atoms with Gasteiger partial charge in [0, 0.05) is 45.5 Å². The number of piperazine rings is 1. The summed E-state index contributed by atoms with van der Waals surface area (Å²) in [5.41, 5.74) is 1.50. The first kappa shape index (κ1) is 23.8. The molecule has 0 spiro atoms. The van der Waals surface area contributed by atoms with E-state index in [1.54, 1.807) is 4.90 Å². The molecule has 0 bridgehead atoms. The van der Waals surface area contributed by atoms with E-state index in [0.29, 0.717) is 32.7 Å². The van der Waals surface area contributed by atoms with Gasteiger partial charge in [-0.25, -0.2) is 9.78 Å². The normalized spacial score (nSPS) is 16.6. The highest BCUT2D eigenvalue weighted by Gasteiger charge is 2.33. The van der Waals surface area contributed by atoms with Crippen LogP contribution in [0.4, 0.5) is 4.79 Å². The van der Waals surface area contributed by atoms with Crippen LogP contribution >= 0.6 is 0 Å². The van der Waals surface area contributed by atoms with E-state index in [-0.39, 0.29) is 12.0 Å². The highest BCUT2D eigenvalue weighted by atomic mass is 16.6. The van der Waals surface area contributed by atoms with Gasteiger partial charge in [0.05, 0.1) is 12.0 Å². The van der Waals surface area contributed by atoms with E-state index in [2.05, 4.69) is 10.3 Å². The predicted molar refractivity (Wildman–Crippen MR) is 123 cm³/mol. The topological polar surface area (TPSA) is 79.7 Å². The molecule has 2 heterocycles. The maximum absolute atomic E-state index is 13.5. The Hall–Kier alpha value is -2.87. The Kier molecular flexibility index (Phi) is 7.90. The molecule has 1 aromatic carbocycles. The van der Waals surface area contributed by atoms with E-state index in [9.17, 15) is 9.59 Å². The van der Waals surface area contributed by atoms with Crippen molar-refractivity contribution in [2.75, 3.05) is 26.2 Å². The first-order valence-electron chi connectivity index (χ1n) is 11.2. The Balaban J connectivity index is 1.65. The average Bonchev–Trinajstić information content (AvgIpc) is 3.17. The third-order valence-electron chi connectivity index (χ3n) is 5.26. The van der Waals surface area contributed by atoms with E-state index in [4.69, 9.17) is 4.74 Å². The van der Waals surface area contributed by atoms with Gasteiger partial charge in [0.25, 0.3) is 0 Å². The second-order valence-electron chi connectivity index (χ2n) is 9.28. The molecule has 1 saturated heterocycles. The molecule has 1 fully saturated rings. The van der Waals surface area contributed by atoms with Gasteiger partial charge in [-0.05, 0) is 39.7 Å². The summed E-state index contributed by atoms with van der Waals surface area (Å²) in [6, 6.07) is 9.54. The molecule has 8 nitrogen and oxygen atoms in total. The number of benzene rings is 1. The number of imidazole rings is 1. The van der Waals surface area contributed by atoms with E-state index in [1.807, 2.05) is 80.0 Å². The maximum Gasteiger partial charge on any atom is 0.410 e. The largest absolute Gasteiger partial charge is 0.444 e. The zero-order valence-corrected chi connectivity index (χ0v) is 19.6. The number of carbonyl (C=O) groups excluding carboxylic acids is 2. The second kappa shape index (κ2) is 10.6. The molecule has 3 rings (SSSR count). The number of rotatable bonds is 7. The van der Waals surface area contributed by atoms with Crippen LogP contribution in [0.5, 0.6) is 0 Å². The number of nitrogens with one attached hydrogen (secondary N) is 1. The molecule has 0 unspecified atom stereocenters. The Bertz CT molecular complexity index is 891. The number of hydrogen-bond donors (Lipinski definition) is 1. The fourth-order valence-electron chi connectivity index (χ4n) is 3.74. The van der Waals surface area contributed by atoms with Gasteiger partial charge in [-0.3, -0.25) is 4.79 Å². The number of amides is 2. The first-order valence-corrected chi connectivity index (χ1v) is 11.2. The number of nitrogens with zero attached hydrogens (tertiary/aromatic N) is 4. The summed E-state index contributed by atoms with van der Waals surface area (Å²) in [6.45, 7) is 10.8. The standard InChI is InChI=1S/C24H35N5O3/c1-19-15-27(18-26-19)12-8-13-28(16-20-9-6-5-7-10-20)22(30)21-17-29(14-11-25-21)23(31)32-24(2,3)4/h5-7,9-10,15,18,21,25H,8,11-14,16-17H2,1-4H3/t21-/m1/s1. The van der Waals surface area contributed by atoms with E-state index in [1.165, 1.54) is 0 Å². The van der Waals surface area contributed by atoms with Crippen LogP contribution < -0.4 is 5.32 Å². The van der Waals surface area contributed by atoms with Crippen LogP contribution in [0.15, 0.2) is 42.9 Å². The first-order chi connectivity index (χ1) is 15.2. The van der Waals surface area contributed by atoms with Gasteiger partial charge in [-0.1, -0.05) is 30.3 Å². The molecular weight excluding hydrogens is 406 g/mol. The lowest BCUT2D eigenvalue weighted by molar-refractivity contribution is -0.135. The minimum absolute atomic E-state index is 0.00363. The summed E-state index contributed by atoms with van der Waals surface area (Å²) in [5, 5.41) is 3.29. The van der Waals surface area contributed by atoms with Crippen molar-refractivity contribution < 1.29 is 14.3 Å². The fourth-order valence-corrected chi connectivity index (χ4v) is 3.74. The Morgan fingerprint density at radius 2 is 2.00 bits per heavy atom. The van der Waals surface area contributed by atoms with Crippen molar-refractivity contribution in [1.82, 2.24) is 24.7 Å². The lowest BCUT2D eigenvalue weighted by Gasteiger charge is -2.36. The van der Waals surface area contributed by atoms with Gasteiger partial charge >= 0.3 is 6.09 Å². The molecule has 1 aliphatic rings. The summed E-state index contributed by atoms with van der Waals surface area (Å²) < 4.78 is 7.55. The molecule has 174 valence electrons. The van der Waals surface area contributed by atoms with Crippen LogP contribution in [-0.4, -0.2) is 69.2 Å².